The lowest BCUT2D eigenvalue weighted by atomic mass is 10.00. The third-order valence-electron chi connectivity index (χ3n) is 3.16. The van der Waals surface area contributed by atoms with Crippen molar-refractivity contribution in [1.82, 2.24) is 0 Å². The van der Waals surface area contributed by atoms with Gasteiger partial charge in [0.15, 0.2) is 11.5 Å². The van der Waals surface area contributed by atoms with Crippen LogP contribution >= 0.6 is 0 Å². The number of aromatic hydroxyl groups is 6. The van der Waals surface area contributed by atoms with Crippen LogP contribution in [0.5, 0.6) is 34.5 Å². The highest BCUT2D eigenvalue weighted by Gasteiger charge is 2.17. The van der Waals surface area contributed by atoms with Gasteiger partial charge in [-0.1, -0.05) is 6.07 Å². The molecule has 0 aliphatic heterocycles. The maximum atomic E-state index is 12.0. The second-order valence-electron chi connectivity index (χ2n) is 4.80. The molecule has 2 aromatic carbocycles. The zero-order chi connectivity index (χ0) is 16.4. The molecule has 0 unspecified atom stereocenters. The Morgan fingerprint density at radius 3 is 1.95 bits per heavy atom. The van der Waals surface area contributed by atoms with E-state index < -0.39 is 34.5 Å². The number of ketones is 1. The molecule has 2 aromatic rings. The molecule has 22 heavy (non-hydrogen) atoms. The van der Waals surface area contributed by atoms with E-state index in [1.807, 2.05) is 0 Å². The van der Waals surface area contributed by atoms with E-state index in [0.29, 0.717) is 0 Å². The van der Waals surface area contributed by atoms with Crippen LogP contribution in [-0.2, 0) is 17.6 Å². The van der Waals surface area contributed by atoms with Crippen LogP contribution in [0.1, 0.15) is 11.1 Å². The summed E-state index contributed by atoms with van der Waals surface area (Å²) in [5.74, 6) is -3.49. The van der Waals surface area contributed by atoms with Gasteiger partial charge in [-0.15, -0.1) is 0 Å². The number of carbonyl (C=O) groups is 1. The van der Waals surface area contributed by atoms with E-state index in [1.165, 1.54) is 6.07 Å². The summed E-state index contributed by atoms with van der Waals surface area (Å²) < 4.78 is 0. The van der Waals surface area contributed by atoms with E-state index in [1.54, 1.807) is 0 Å². The van der Waals surface area contributed by atoms with Gasteiger partial charge in [-0.3, -0.25) is 4.79 Å². The van der Waals surface area contributed by atoms with Gasteiger partial charge in [0.05, 0.1) is 0 Å². The first-order valence-corrected chi connectivity index (χ1v) is 6.28. The Morgan fingerprint density at radius 1 is 0.773 bits per heavy atom. The predicted octanol–water partition coefficient (Wildman–Crippen LogP) is 1.27. The number of hydrogen-bond donors (Lipinski definition) is 6. The number of Topliss-reactive ketones (excluding diaryl/α,β-unsaturated/α-hetero) is 1. The summed E-state index contributed by atoms with van der Waals surface area (Å²) in [6.45, 7) is 0. The zero-order valence-corrected chi connectivity index (χ0v) is 11.3. The fraction of sp³-hybridized carbons (Fsp3) is 0.133. The standard InChI is InChI=1S/C15H14O7/c16-8(3-7-1-2-11(18)15(22)14(7)21)4-10-12(19)5-9(17)6-13(10)20/h1-2,5-6,17-22H,3-4H2. The third kappa shape index (κ3) is 2.98. The topological polar surface area (TPSA) is 138 Å². The van der Waals surface area contributed by atoms with Gasteiger partial charge < -0.3 is 30.6 Å². The third-order valence-corrected chi connectivity index (χ3v) is 3.16. The molecule has 0 heterocycles. The Balaban J connectivity index is 2.20. The molecule has 116 valence electrons. The summed E-state index contributed by atoms with van der Waals surface area (Å²) in [6, 6.07) is 4.39. The van der Waals surface area contributed by atoms with Crippen molar-refractivity contribution in [3.8, 4) is 34.5 Å². The second-order valence-corrected chi connectivity index (χ2v) is 4.80. The maximum Gasteiger partial charge on any atom is 0.200 e. The van der Waals surface area contributed by atoms with E-state index >= 15 is 0 Å². The molecule has 7 heteroatoms. The average Bonchev–Trinajstić information content (AvgIpc) is 2.43. The summed E-state index contributed by atoms with van der Waals surface area (Å²) in [6.07, 6.45) is -0.613. The molecule has 0 fully saturated rings. The van der Waals surface area contributed by atoms with E-state index in [9.17, 15) is 35.4 Å². The highest BCUT2D eigenvalue weighted by atomic mass is 16.3. The Labute approximate surface area is 125 Å². The van der Waals surface area contributed by atoms with Crippen molar-refractivity contribution < 1.29 is 35.4 Å². The molecule has 0 aliphatic carbocycles. The highest BCUT2D eigenvalue weighted by molar-refractivity contribution is 5.85. The largest absolute Gasteiger partial charge is 0.508 e. The summed E-state index contributed by atoms with van der Waals surface area (Å²) >= 11 is 0. The van der Waals surface area contributed by atoms with E-state index in [2.05, 4.69) is 0 Å². The van der Waals surface area contributed by atoms with E-state index in [4.69, 9.17) is 0 Å². The van der Waals surface area contributed by atoms with Crippen LogP contribution in [0.2, 0.25) is 0 Å². The van der Waals surface area contributed by atoms with Crippen molar-refractivity contribution in [2.45, 2.75) is 12.8 Å². The minimum absolute atomic E-state index is 0.0507. The summed E-state index contributed by atoms with van der Waals surface area (Å²) in [4.78, 5) is 12.0. The molecule has 0 saturated carbocycles. The molecular weight excluding hydrogens is 292 g/mol. The first-order chi connectivity index (χ1) is 10.3. The van der Waals surface area contributed by atoms with Crippen LogP contribution in [0.3, 0.4) is 0 Å². The van der Waals surface area contributed by atoms with Crippen LogP contribution in [-0.4, -0.2) is 36.4 Å². The van der Waals surface area contributed by atoms with Crippen LogP contribution < -0.4 is 0 Å². The van der Waals surface area contributed by atoms with E-state index in [-0.39, 0.29) is 29.7 Å². The van der Waals surface area contributed by atoms with Crippen molar-refractivity contribution in [2.24, 2.45) is 0 Å². The average molecular weight is 306 g/mol. The Morgan fingerprint density at radius 2 is 1.36 bits per heavy atom. The number of carbonyl (C=O) groups excluding carboxylic acids is 1. The predicted molar refractivity (Wildman–Crippen MR) is 75.3 cm³/mol. The molecule has 0 spiro atoms. The van der Waals surface area contributed by atoms with Crippen molar-refractivity contribution >= 4 is 5.78 Å². The van der Waals surface area contributed by atoms with E-state index in [0.717, 1.165) is 18.2 Å². The van der Waals surface area contributed by atoms with Gasteiger partial charge in [-0.25, -0.2) is 0 Å². The van der Waals surface area contributed by atoms with Gasteiger partial charge in [0.25, 0.3) is 0 Å². The van der Waals surface area contributed by atoms with Gasteiger partial charge in [-0.05, 0) is 6.07 Å². The lowest BCUT2D eigenvalue weighted by molar-refractivity contribution is -0.117. The number of rotatable bonds is 4. The molecule has 2 rings (SSSR count). The zero-order valence-electron chi connectivity index (χ0n) is 11.3. The van der Waals surface area contributed by atoms with Crippen molar-refractivity contribution in [3.05, 3.63) is 35.4 Å². The first-order valence-electron chi connectivity index (χ1n) is 6.28. The molecule has 0 amide bonds. The molecule has 7 nitrogen and oxygen atoms in total. The minimum atomic E-state index is -0.722. The lowest BCUT2D eigenvalue weighted by Gasteiger charge is -2.09. The quantitative estimate of drug-likeness (QED) is 0.468. The number of phenols is 6. The van der Waals surface area contributed by atoms with Crippen LogP contribution in [0.15, 0.2) is 24.3 Å². The summed E-state index contributed by atoms with van der Waals surface area (Å²) in [5.41, 5.74) is 0.0448. The second kappa shape index (κ2) is 5.72. The van der Waals surface area contributed by atoms with Gasteiger partial charge in [0.2, 0.25) is 5.75 Å². The molecular formula is C15H14O7. The SMILES string of the molecule is O=C(Cc1ccc(O)c(O)c1O)Cc1c(O)cc(O)cc1O. The normalized spacial score (nSPS) is 10.5. The molecule has 0 bridgehead atoms. The molecule has 0 saturated heterocycles. The lowest BCUT2D eigenvalue weighted by Crippen LogP contribution is -2.07. The summed E-state index contributed by atoms with van der Waals surface area (Å²) in [5, 5.41) is 56.7. The van der Waals surface area contributed by atoms with Gasteiger partial charge in [0.1, 0.15) is 23.0 Å². The molecule has 0 aliphatic rings. The smallest absolute Gasteiger partial charge is 0.200 e. The Kier molecular flexibility index (Phi) is 3.98. The monoisotopic (exact) mass is 306 g/mol. The van der Waals surface area contributed by atoms with Gasteiger partial charge >= 0.3 is 0 Å². The van der Waals surface area contributed by atoms with Gasteiger partial charge in [0, 0.05) is 36.1 Å². The van der Waals surface area contributed by atoms with Crippen LogP contribution in [0.4, 0.5) is 0 Å². The van der Waals surface area contributed by atoms with Crippen molar-refractivity contribution in [2.75, 3.05) is 0 Å². The number of phenolic OH excluding ortho intramolecular Hbond substituents is 6. The first kappa shape index (κ1) is 15.3. The molecule has 0 atom stereocenters. The summed E-state index contributed by atoms with van der Waals surface area (Å²) in [7, 11) is 0. The molecule has 0 radical (unpaired) electrons. The molecule has 6 N–H and O–H groups in total. The molecule has 0 aromatic heterocycles. The van der Waals surface area contributed by atoms with Crippen LogP contribution in [0.25, 0.3) is 0 Å². The van der Waals surface area contributed by atoms with Crippen molar-refractivity contribution in [1.29, 1.82) is 0 Å². The highest BCUT2D eigenvalue weighted by Crippen LogP contribution is 2.38. The fourth-order valence-electron chi connectivity index (χ4n) is 2.03. The van der Waals surface area contributed by atoms with Crippen LogP contribution in [0, 0.1) is 0 Å². The Bertz CT molecular complexity index is 714. The number of benzene rings is 2. The van der Waals surface area contributed by atoms with Crippen molar-refractivity contribution in [3.63, 3.8) is 0 Å². The Hall–Kier alpha value is -3.09. The minimum Gasteiger partial charge on any atom is -0.508 e. The van der Waals surface area contributed by atoms with Gasteiger partial charge in [-0.2, -0.15) is 0 Å². The number of hydrogen-bond acceptors (Lipinski definition) is 7. The fourth-order valence-corrected chi connectivity index (χ4v) is 2.03. The maximum absolute atomic E-state index is 12.0.